The van der Waals surface area contributed by atoms with Gasteiger partial charge in [0, 0.05) is 30.7 Å². The summed E-state index contributed by atoms with van der Waals surface area (Å²) in [5.74, 6) is 0.320. The highest BCUT2D eigenvalue weighted by Crippen LogP contribution is 2.29. The molecule has 3 aromatic rings. The van der Waals surface area contributed by atoms with Crippen LogP contribution in [-0.2, 0) is 6.54 Å². The summed E-state index contributed by atoms with van der Waals surface area (Å²) < 4.78 is 7.12. The summed E-state index contributed by atoms with van der Waals surface area (Å²) in [5.41, 5.74) is 2.33. The number of piperidine rings is 1. The number of carbonyl (C=O) groups is 2. The van der Waals surface area contributed by atoms with E-state index in [2.05, 4.69) is 20.8 Å². The second-order valence-electron chi connectivity index (χ2n) is 8.88. The van der Waals surface area contributed by atoms with Crippen LogP contribution in [0.2, 0.25) is 0 Å². The number of benzene rings is 1. The Labute approximate surface area is 192 Å². The van der Waals surface area contributed by atoms with Gasteiger partial charge in [-0.15, -0.1) is 5.10 Å². The maximum Gasteiger partial charge on any atom is 0.273 e. The van der Waals surface area contributed by atoms with E-state index in [-0.39, 0.29) is 23.9 Å². The van der Waals surface area contributed by atoms with Gasteiger partial charge in [0.05, 0.1) is 6.20 Å². The Bertz CT molecular complexity index is 1130. The number of carbonyl (C=O) groups excluding carboxylic acids is 2. The number of rotatable bonds is 7. The Balaban J connectivity index is 1.29. The van der Waals surface area contributed by atoms with E-state index >= 15 is 0 Å². The van der Waals surface area contributed by atoms with Gasteiger partial charge in [0.15, 0.2) is 5.69 Å². The minimum absolute atomic E-state index is 0.0413. The Morgan fingerprint density at radius 2 is 1.97 bits per heavy atom. The standard InChI is InChI=1S/C24H28N6O3/c1-16-21(22(27-33-16)17-7-3-2-4-8-17)24(32)30-13-6-5-9-19(30)12-14-29-15-20(26-28-29)23(31)25-18-10-11-18/h2-4,7-8,15,18-19H,5-6,9-14H2,1H3,(H,25,31). The first-order chi connectivity index (χ1) is 16.1. The van der Waals surface area contributed by atoms with Crippen LogP contribution in [0.15, 0.2) is 41.1 Å². The van der Waals surface area contributed by atoms with E-state index in [1.54, 1.807) is 17.8 Å². The number of nitrogens with zero attached hydrogens (tertiary/aromatic N) is 5. The quantitative estimate of drug-likeness (QED) is 0.595. The maximum absolute atomic E-state index is 13.6. The van der Waals surface area contributed by atoms with Crippen LogP contribution in [0.3, 0.4) is 0 Å². The number of amides is 2. The molecule has 1 aliphatic carbocycles. The minimum Gasteiger partial charge on any atom is -0.360 e. The molecular weight excluding hydrogens is 420 g/mol. The number of hydrogen-bond acceptors (Lipinski definition) is 6. The van der Waals surface area contributed by atoms with Gasteiger partial charge < -0.3 is 14.7 Å². The molecule has 1 saturated heterocycles. The molecule has 1 unspecified atom stereocenters. The van der Waals surface area contributed by atoms with Crippen molar-refractivity contribution in [3.63, 3.8) is 0 Å². The largest absolute Gasteiger partial charge is 0.360 e. The smallest absolute Gasteiger partial charge is 0.273 e. The molecule has 5 rings (SSSR count). The van der Waals surface area contributed by atoms with Crippen LogP contribution in [0.5, 0.6) is 0 Å². The average molecular weight is 449 g/mol. The molecule has 1 N–H and O–H groups in total. The molecule has 2 aliphatic rings. The van der Waals surface area contributed by atoms with Crippen molar-refractivity contribution in [1.82, 2.24) is 30.4 Å². The molecule has 1 aliphatic heterocycles. The van der Waals surface area contributed by atoms with Gasteiger partial charge in [-0.3, -0.25) is 14.3 Å². The van der Waals surface area contributed by atoms with Crippen LogP contribution in [0.25, 0.3) is 11.3 Å². The molecule has 3 heterocycles. The van der Waals surface area contributed by atoms with Gasteiger partial charge >= 0.3 is 0 Å². The van der Waals surface area contributed by atoms with Gasteiger partial charge in [-0.1, -0.05) is 40.7 Å². The number of likely N-dealkylation sites (tertiary alicyclic amines) is 1. The fourth-order valence-corrected chi connectivity index (χ4v) is 4.41. The van der Waals surface area contributed by atoms with Crippen LogP contribution in [0.4, 0.5) is 0 Å². The van der Waals surface area contributed by atoms with Crippen molar-refractivity contribution >= 4 is 11.8 Å². The highest BCUT2D eigenvalue weighted by molar-refractivity contribution is 6.01. The third-order valence-corrected chi connectivity index (χ3v) is 6.39. The van der Waals surface area contributed by atoms with Crippen molar-refractivity contribution < 1.29 is 14.1 Å². The summed E-state index contributed by atoms with van der Waals surface area (Å²) in [6.45, 7) is 3.08. The number of hydrogen-bond donors (Lipinski definition) is 1. The molecule has 33 heavy (non-hydrogen) atoms. The zero-order valence-electron chi connectivity index (χ0n) is 18.7. The summed E-state index contributed by atoms with van der Waals surface area (Å²) >= 11 is 0. The van der Waals surface area contributed by atoms with E-state index in [4.69, 9.17) is 4.52 Å². The Morgan fingerprint density at radius 3 is 2.76 bits per heavy atom. The molecule has 0 radical (unpaired) electrons. The molecule has 0 spiro atoms. The molecule has 9 heteroatoms. The Kier molecular flexibility index (Phi) is 5.93. The molecular formula is C24H28N6O3. The predicted molar refractivity (Wildman–Crippen MR) is 120 cm³/mol. The van der Waals surface area contributed by atoms with Crippen LogP contribution < -0.4 is 5.32 Å². The van der Waals surface area contributed by atoms with E-state index < -0.39 is 0 Å². The third kappa shape index (κ3) is 4.67. The lowest BCUT2D eigenvalue weighted by Crippen LogP contribution is -2.44. The van der Waals surface area contributed by atoms with Crippen molar-refractivity contribution in [3.8, 4) is 11.3 Å². The van der Waals surface area contributed by atoms with Crippen LogP contribution in [0.1, 0.15) is 65.1 Å². The topological polar surface area (TPSA) is 106 Å². The maximum atomic E-state index is 13.6. The fraction of sp³-hybridized carbons (Fsp3) is 0.458. The average Bonchev–Trinajstić information content (AvgIpc) is 3.37. The summed E-state index contributed by atoms with van der Waals surface area (Å²) in [6.07, 6.45) is 7.47. The van der Waals surface area contributed by atoms with E-state index in [0.29, 0.717) is 35.8 Å². The lowest BCUT2D eigenvalue weighted by molar-refractivity contribution is 0.0592. The molecule has 2 amide bonds. The second kappa shape index (κ2) is 9.17. The highest BCUT2D eigenvalue weighted by Gasteiger charge is 2.32. The molecule has 172 valence electrons. The Morgan fingerprint density at radius 1 is 1.15 bits per heavy atom. The Hall–Kier alpha value is -3.49. The van der Waals surface area contributed by atoms with Crippen molar-refractivity contribution in [2.45, 2.75) is 64.1 Å². The second-order valence-corrected chi connectivity index (χ2v) is 8.88. The van der Waals surface area contributed by atoms with Gasteiger partial charge in [-0.2, -0.15) is 0 Å². The van der Waals surface area contributed by atoms with Gasteiger partial charge in [-0.05, 0) is 45.4 Å². The van der Waals surface area contributed by atoms with E-state index in [9.17, 15) is 9.59 Å². The molecule has 1 aromatic carbocycles. The summed E-state index contributed by atoms with van der Waals surface area (Å²) in [5, 5.41) is 15.2. The monoisotopic (exact) mass is 448 g/mol. The van der Waals surface area contributed by atoms with Crippen molar-refractivity contribution in [2.24, 2.45) is 0 Å². The molecule has 9 nitrogen and oxygen atoms in total. The molecule has 1 saturated carbocycles. The molecule has 0 bridgehead atoms. The normalized spacial score (nSPS) is 18.3. The first-order valence-electron chi connectivity index (χ1n) is 11.6. The fourth-order valence-electron chi connectivity index (χ4n) is 4.41. The van der Waals surface area contributed by atoms with Crippen LogP contribution >= 0.6 is 0 Å². The molecule has 1 atom stereocenters. The van der Waals surface area contributed by atoms with E-state index in [0.717, 1.165) is 44.1 Å². The van der Waals surface area contributed by atoms with Crippen LogP contribution in [-0.4, -0.2) is 55.5 Å². The van der Waals surface area contributed by atoms with E-state index in [1.807, 2.05) is 35.2 Å². The lowest BCUT2D eigenvalue weighted by atomic mass is 9.97. The number of aryl methyl sites for hydroxylation is 2. The summed E-state index contributed by atoms with van der Waals surface area (Å²) in [6, 6.07) is 10.0. The number of aromatic nitrogens is 4. The minimum atomic E-state index is -0.172. The first kappa shape index (κ1) is 21.4. The zero-order valence-corrected chi connectivity index (χ0v) is 18.7. The van der Waals surface area contributed by atoms with Crippen LogP contribution in [0, 0.1) is 6.92 Å². The molecule has 2 aromatic heterocycles. The number of nitrogens with one attached hydrogen (secondary N) is 1. The summed E-state index contributed by atoms with van der Waals surface area (Å²) in [7, 11) is 0. The van der Waals surface area contributed by atoms with Crippen molar-refractivity contribution in [2.75, 3.05) is 6.54 Å². The van der Waals surface area contributed by atoms with Crippen molar-refractivity contribution in [1.29, 1.82) is 0 Å². The van der Waals surface area contributed by atoms with Crippen molar-refractivity contribution in [3.05, 3.63) is 53.5 Å². The zero-order chi connectivity index (χ0) is 22.8. The highest BCUT2D eigenvalue weighted by atomic mass is 16.5. The third-order valence-electron chi connectivity index (χ3n) is 6.39. The predicted octanol–water partition coefficient (Wildman–Crippen LogP) is 3.22. The SMILES string of the molecule is Cc1onc(-c2ccccc2)c1C(=O)N1CCCCC1CCn1cc(C(=O)NC2CC2)nn1. The first-order valence-corrected chi connectivity index (χ1v) is 11.6. The van der Waals surface area contributed by atoms with Gasteiger partial charge in [0.1, 0.15) is 17.0 Å². The van der Waals surface area contributed by atoms with E-state index in [1.165, 1.54) is 0 Å². The summed E-state index contributed by atoms with van der Waals surface area (Å²) in [4.78, 5) is 27.8. The van der Waals surface area contributed by atoms with Gasteiger partial charge in [0.2, 0.25) is 0 Å². The molecule has 2 fully saturated rings. The van der Waals surface area contributed by atoms with Gasteiger partial charge in [0.25, 0.3) is 11.8 Å². The van der Waals surface area contributed by atoms with Gasteiger partial charge in [-0.25, -0.2) is 0 Å². The lowest BCUT2D eigenvalue weighted by Gasteiger charge is -2.36.